The van der Waals surface area contributed by atoms with Crippen LogP contribution >= 0.6 is 0 Å². The van der Waals surface area contributed by atoms with Crippen molar-refractivity contribution in [1.82, 2.24) is 0 Å². The molecule has 0 N–H and O–H groups in total. The van der Waals surface area contributed by atoms with Crippen molar-refractivity contribution >= 4 is 17.4 Å². The summed E-state index contributed by atoms with van der Waals surface area (Å²) >= 11 is 0. The number of hydrogen-bond donors (Lipinski definition) is 0. The Hall–Kier alpha value is 2.41. The maximum absolute atomic E-state index is 0. The van der Waals surface area contributed by atoms with Crippen molar-refractivity contribution in [3.63, 3.8) is 0 Å². The Balaban J connectivity index is 0. The van der Waals surface area contributed by atoms with Crippen molar-refractivity contribution in [1.29, 1.82) is 0 Å². The molecule has 0 fully saturated rings. The summed E-state index contributed by atoms with van der Waals surface area (Å²) in [5.41, 5.74) is 0. The second-order valence-electron chi connectivity index (χ2n) is 0. The van der Waals surface area contributed by atoms with E-state index in [9.17, 15) is 0 Å². The maximum atomic E-state index is 0. The monoisotopic (exact) mass is 215 g/mol. The van der Waals surface area contributed by atoms with Crippen LogP contribution in [0.15, 0.2) is 0 Å². The molecule has 0 aliphatic rings. The predicted molar refractivity (Wildman–Crippen MR) is 5.75 cm³/mol. The molecule has 0 aliphatic carbocycles. The van der Waals surface area contributed by atoms with E-state index in [1.807, 2.05) is 0 Å². The largest absolute Gasteiger partial charge is 4.00 e. The molecule has 0 amide bonds. The van der Waals surface area contributed by atoms with Gasteiger partial charge in [-0.2, -0.15) is 0 Å². The first-order valence-electron chi connectivity index (χ1n) is 0. The van der Waals surface area contributed by atoms with Gasteiger partial charge in [-0.05, 0) is 0 Å². The normalized spacial score (nSPS) is 0. The Morgan fingerprint density at radius 2 is 0.500 bits per heavy atom. The molecule has 0 aromatic carbocycles. The van der Waals surface area contributed by atoms with Gasteiger partial charge in [-0.1, -0.05) is 0 Å². The summed E-state index contributed by atoms with van der Waals surface area (Å²) in [6.45, 7) is 0. The second-order valence-corrected chi connectivity index (χ2v) is 0. The van der Waals surface area contributed by atoms with E-state index in [4.69, 9.17) is 0 Å². The molecule has 0 rings (SSSR count). The van der Waals surface area contributed by atoms with Crippen molar-refractivity contribution in [2.75, 3.05) is 0 Å². The first-order chi connectivity index (χ1) is 0. The molecule has 0 radical (unpaired) electrons. The molecular weight excluding hydrogens is 217 g/mol. The maximum Gasteiger partial charge on any atom is 4.00 e. The van der Waals surface area contributed by atoms with Gasteiger partial charge >= 0.3 is 39.1 Å². The van der Waals surface area contributed by atoms with E-state index < -0.39 is 0 Å². The zero-order valence-electron chi connectivity index (χ0n) is 2.59. The number of halogens is 4. The fourth-order valence-corrected chi connectivity index (χ4v) is 0. The molecule has 0 nitrogen and oxygen atoms in total. The van der Waals surface area contributed by atoms with Gasteiger partial charge in [0.05, 0.1) is 0 Å². The molecule has 0 aliphatic heterocycles. The van der Waals surface area contributed by atoms with Gasteiger partial charge in [-0.25, -0.2) is 0 Å². The molecule has 0 bridgehead atoms. The Morgan fingerprint density at radius 1 is 0.500 bits per heavy atom. The molecule has 6 heteroatoms. The number of rotatable bonds is 0. The molecular formula is AlCl4Ti+3. The van der Waals surface area contributed by atoms with Crippen molar-refractivity contribution in [3.05, 3.63) is 0 Å². The summed E-state index contributed by atoms with van der Waals surface area (Å²) in [5, 5.41) is 0. The summed E-state index contributed by atoms with van der Waals surface area (Å²) < 4.78 is 0. The van der Waals surface area contributed by atoms with Gasteiger partial charge in [-0.15, -0.1) is 0 Å². The molecule has 0 aromatic heterocycles. The molecule has 0 saturated heterocycles. The van der Waals surface area contributed by atoms with Crippen LogP contribution in [0.3, 0.4) is 0 Å². The predicted octanol–water partition coefficient (Wildman–Crippen LogP) is -12.4. The van der Waals surface area contributed by atoms with Gasteiger partial charge in [0.1, 0.15) is 0 Å². The summed E-state index contributed by atoms with van der Waals surface area (Å²) in [6, 6.07) is 0. The van der Waals surface area contributed by atoms with E-state index in [-0.39, 0.29) is 88.7 Å². The minimum absolute atomic E-state index is 0. The van der Waals surface area contributed by atoms with Gasteiger partial charge in [-0.3, -0.25) is 0 Å². The van der Waals surface area contributed by atoms with Crippen LogP contribution < -0.4 is 49.6 Å². The molecule has 32 valence electrons. The summed E-state index contributed by atoms with van der Waals surface area (Å²) in [4.78, 5) is 0. The first kappa shape index (κ1) is 79.6. The van der Waals surface area contributed by atoms with E-state index in [0.29, 0.717) is 0 Å². The van der Waals surface area contributed by atoms with Crippen molar-refractivity contribution in [3.8, 4) is 0 Å². The van der Waals surface area contributed by atoms with Crippen LogP contribution in [0.25, 0.3) is 0 Å². The average molecular weight is 217 g/mol. The second kappa shape index (κ2) is 52.5. The molecule has 0 heterocycles. The fourth-order valence-electron chi connectivity index (χ4n) is 0. The van der Waals surface area contributed by atoms with Gasteiger partial charge in [0.15, 0.2) is 0 Å². The summed E-state index contributed by atoms with van der Waals surface area (Å²) in [7, 11) is 0. The minimum Gasteiger partial charge on any atom is -1.00 e. The summed E-state index contributed by atoms with van der Waals surface area (Å²) in [5.74, 6) is 0. The summed E-state index contributed by atoms with van der Waals surface area (Å²) in [6.07, 6.45) is 0. The zero-order valence-corrected chi connectivity index (χ0v) is 8.33. The van der Waals surface area contributed by atoms with Gasteiger partial charge < -0.3 is 49.6 Å². The molecule has 0 atom stereocenters. The quantitative estimate of drug-likeness (QED) is 0.353. The fraction of sp³-hybridized carbons (Fsp3) is 0. The third-order valence-electron chi connectivity index (χ3n) is 0. The van der Waals surface area contributed by atoms with E-state index in [0.717, 1.165) is 0 Å². The Labute approximate surface area is 87.9 Å². The third kappa shape index (κ3) is 32.3. The number of hydrogen-bond acceptors (Lipinski definition) is 0. The van der Waals surface area contributed by atoms with E-state index in [1.54, 1.807) is 0 Å². The zero-order chi connectivity index (χ0) is 0. The first-order valence-corrected chi connectivity index (χ1v) is 0. The van der Waals surface area contributed by atoms with E-state index in [2.05, 4.69) is 0 Å². The van der Waals surface area contributed by atoms with Crippen molar-refractivity contribution < 1.29 is 71.3 Å². The molecule has 0 aromatic rings. The smallest absolute Gasteiger partial charge is 1.00 e. The van der Waals surface area contributed by atoms with Gasteiger partial charge in [0, 0.05) is 0 Å². The van der Waals surface area contributed by atoms with E-state index >= 15 is 0 Å². The van der Waals surface area contributed by atoms with Crippen LogP contribution in [-0.4, -0.2) is 17.4 Å². The molecule has 0 unspecified atom stereocenters. The van der Waals surface area contributed by atoms with Crippen molar-refractivity contribution in [2.24, 2.45) is 0 Å². The van der Waals surface area contributed by atoms with Crippen LogP contribution in [0.4, 0.5) is 0 Å². The average Bonchev–Trinajstić information content (AvgIpc) is 0. The van der Waals surface area contributed by atoms with E-state index in [1.165, 1.54) is 0 Å². The topological polar surface area (TPSA) is 0 Å². The third-order valence-corrected chi connectivity index (χ3v) is 0. The Kier molecular flexibility index (Phi) is 696. The Bertz CT molecular complexity index is 7.51. The van der Waals surface area contributed by atoms with Gasteiger partial charge in [0.2, 0.25) is 0 Å². The molecule has 0 spiro atoms. The van der Waals surface area contributed by atoms with Crippen LogP contribution in [0.1, 0.15) is 0 Å². The molecule has 6 heavy (non-hydrogen) atoms. The van der Waals surface area contributed by atoms with Crippen LogP contribution in [0.2, 0.25) is 0 Å². The van der Waals surface area contributed by atoms with Gasteiger partial charge in [0.25, 0.3) is 0 Å². The standard InChI is InChI=1S/Al.4ClH.Ti/h;4*1H;/q+3;;;;;+4/p-4. The minimum atomic E-state index is 0. The van der Waals surface area contributed by atoms with Crippen LogP contribution in [0.5, 0.6) is 0 Å². The SMILES string of the molecule is [Al+3].[Cl-].[Cl-].[Cl-].[Cl-].[Ti+4]. The molecule has 0 saturated carbocycles. The Morgan fingerprint density at radius 3 is 0.500 bits per heavy atom. The van der Waals surface area contributed by atoms with Crippen LogP contribution in [0, 0.1) is 0 Å². The van der Waals surface area contributed by atoms with Crippen LogP contribution in [-0.2, 0) is 21.7 Å². The van der Waals surface area contributed by atoms with Crippen molar-refractivity contribution in [2.45, 2.75) is 0 Å².